The van der Waals surface area contributed by atoms with E-state index in [9.17, 15) is 22.4 Å². The summed E-state index contributed by atoms with van der Waals surface area (Å²) in [5, 5.41) is 8.93. The Morgan fingerprint density at radius 1 is 1.21 bits per heavy atom. The van der Waals surface area contributed by atoms with Gasteiger partial charge in [0.05, 0.1) is 44.2 Å². The third-order valence-corrected chi connectivity index (χ3v) is 7.02. The van der Waals surface area contributed by atoms with Crippen molar-refractivity contribution in [1.82, 2.24) is 4.90 Å². The van der Waals surface area contributed by atoms with E-state index in [0.29, 0.717) is 36.1 Å². The third kappa shape index (κ3) is 6.55. The first-order valence-electron chi connectivity index (χ1n) is 12.2. The predicted octanol–water partition coefficient (Wildman–Crippen LogP) is 5.33. The Morgan fingerprint density at radius 2 is 1.92 bits per heavy atom. The smallest absolute Gasteiger partial charge is 0.427 e. The highest BCUT2D eigenvalue weighted by molar-refractivity contribution is 5.68. The van der Waals surface area contributed by atoms with Crippen LogP contribution in [-0.4, -0.2) is 62.3 Å². The van der Waals surface area contributed by atoms with Gasteiger partial charge in [-0.25, -0.2) is 9.18 Å². The van der Waals surface area contributed by atoms with Crippen LogP contribution >= 0.6 is 0 Å². The average molecular weight is 537 g/mol. The summed E-state index contributed by atoms with van der Waals surface area (Å²) < 4.78 is 76.1. The average Bonchev–Trinajstić information content (AvgIpc) is 3.31. The molecule has 0 saturated carbocycles. The number of benzene rings is 2. The maximum absolute atomic E-state index is 14.5. The van der Waals surface area contributed by atoms with E-state index in [2.05, 4.69) is 0 Å². The lowest BCUT2D eigenvalue weighted by atomic mass is 9.83. The summed E-state index contributed by atoms with van der Waals surface area (Å²) >= 11 is 0. The molecule has 1 unspecified atom stereocenters. The van der Waals surface area contributed by atoms with Crippen molar-refractivity contribution in [3.05, 3.63) is 65.0 Å². The number of ether oxygens (including phenoxy) is 4. The van der Waals surface area contributed by atoms with Gasteiger partial charge in [-0.05, 0) is 54.7 Å². The Morgan fingerprint density at radius 3 is 2.53 bits per heavy atom. The van der Waals surface area contributed by atoms with Crippen LogP contribution in [0.25, 0.3) is 0 Å². The van der Waals surface area contributed by atoms with E-state index in [1.807, 2.05) is 6.07 Å². The number of rotatable bonds is 7. The second-order valence-corrected chi connectivity index (χ2v) is 9.51. The van der Waals surface area contributed by atoms with E-state index in [4.69, 9.17) is 24.2 Å². The molecule has 2 aromatic carbocycles. The van der Waals surface area contributed by atoms with Gasteiger partial charge in [0.2, 0.25) is 6.10 Å². The standard InChI is InChI=1S/C27H28F4N2O5/c1-35-21-5-2-18(3-6-21)15-36-17-24(27(29,30)31)38-25(34)33-10-8-26(9-11-33)13-20(16-37-26)22-7-4-19(14-32)12-23(22)28/h2-7,12,20,24H,8-11,13,15-17H2,1H3/t20?,24-/m1/s1. The van der Waals surface area contributed by atoms with Crippen LogP contribution in [0.3, 0.4) is 0 Å². The van der Waals surface area contributed by atoms with Crippen molar-refractivity contribution in [1.29, 1.82) is 5.26 Å². The summed E-state index contributed by atoms with van der Waals surface area (Å²) in [6.07, 6.45) is -6.97. The van der Waals surface area contributed by atoms with Crippen molar-refractivity contribution < 1.29 is 41.3 Å². The molecule has 2 aliphatic rings. The first-order chi connectivity index (χ1) is 18.1. The monoisotopic (exact) mass is 536 g/mol. The summed E-state index contributed by atoms with van der Waals surface area (Å²) in [7, 11) is 1.51. The zero-order valence-electron chi connectivity index (χ0n) is 20.8. The normalized spacial score (nSPS) is 19.7. The number of piperidine rings is 1. The number of halogens is 4. The second kappa shape index (κ2) is 11.6. The van der Waals surface area contributed by atoms with Crippen LogP contribution in [0.1, 0.15) is 41.9 Å². The lowest BCUT2D eigenvalue weighted by Crippen LogP contribution is -2.49. The molecule has 2 heterocycles. The maximum atomic E-state index is 14.5. The molecular weight excluding hydrogens is 508 g/mol. The SMILES string of the molecule is COc1ccc(COC[C@@H](OC(=O)N2CCC3(CC2)CC(c2ccc(C#N)cc2F)CO3)C(F)(F)F)cc1. The molecular formula is C27H28F4N2O5. The van der Waals surface area contributed by atoms with Gasteiger partial charge in [-0.2, -0.15) is 18.4 Å². The van der Waals surface area contributed by atoms with E-state index in [1.54, 1.807) is 36.4 Å². The zero-order valence-corrected chi connectivity index (χ0v) is 20.8. The van der Waals surface area contributed by atoms with Crippen LogP contribution in [0.15, 0.2) is 42.5 Å². The Labute approximate surface area is 217 Å². The molecule has 204 valence electrons. The Hall–Kier alpha value is -3.36. The minimum absolute atomic E-state index is 0.0846. The number of likely N-dealkylation sites (tertiary alicyclic amines) is 1. The van der Waals surface area contributed by atoms with Crippen LogP contribution in [0, 0.1) is 17.1 Å². The first kappa shape index (κ1) is 27.7. The molecule has 2 saturated heterocycles. The zero-order chi connectivity index (χ0) is 27.3. The van der Waals surface area contributed by atoms with Gasteiger partial charge in [0.15, 0.2) is 0 Å². The van der Waals surface area contributed by atoms with E-state index >= 15 is 0 Å². The summed E-state index contributed by atoms with van der Waals surface area (Å²) in [4.78, 5) is 13.8. The van der Waals surface area contributed by atoms with E-state index in [1.165, 1.54) is 18.1 Å². The molecule has 1 amide bonds. The van der Waals surface area contributed by atoms with Gasteiger partial charge in [-0.1, -0.05) is 18.2 Å². The van der Waals surface area contributed by atoms with E-state index in [0.717, 1.165) is 0 Å². The Bertz CT molecular complexity index is 1160. The van der Waals surface area contributed by atoms with Crippen LogP contribution in [0.2, 0.25) is 0 Å². The number of nitrogens with zero attached hydrogens (tertiary/aromatic N) is 2. The van der Waals surface area contributed by atoms with Gasteiger partial charge >= 0.3 is 12.3 Å². The molecule has 11 heteroatoms. The van der Waals surface area contributed by atoms with Gasteiger partial charge in [0.1, 0.15) is 11.6 Å². The molecule has 2 aliphatic heterocycles. The van der Waals surface area contributed by atoms with Gasteiger partial charge in [0.25, 0.3) is 0 Å². The summed E-state index contributed by atoms with van der Waals surface area (Å²) in [5.41, 5.74) is 0.752. The van der Waals surface area contributed by atoms with Crippen molar-refractivity contribution in [3.8, 4) is 11.8 Å². The van der Waals surface area contributed by atoms with Gasteiger partial charge in [-0.3, -0.25) is 0 Å². The number of hydrogen-bond donors (Lipinski definition) is 0. The number of methoxy groups -OCH3 is 1. The number of nitriles is 1. The lowest BCUT2D eigenvalue weighted by Gasteiger charge is -2.38. The summed E-state index contributed by atoms with van der Waals surface area (Å²) in [6.45, 7) is -0.328. The number of carbonyl (C=O) groups excluding carboxylic acids is 1. The molecule has 0 radical (unpaired) electrons. The number of hydrogen-bond acceptors (Lipinski definition) is 6. The van der Waals surface area contributed by atoms with E-state index < -0.39 is 36.4 Å². The van der Waals surface area contributed by atoms with Crippen LogP contribution < -0.4 is 4.74 Å². The minimum atomic E-state index is -4.79. The quantitative estimate of drug-likeness (QED) is 0.445. The molecule has 38 heavy (non-hydrogen) atoms. The molecule has 0 aliphatic carbocycles. The lowest BCUT2D eigenvalue weighted by molar-refractivity contribution is -0.220. The molecule has 1 spiro atoms. The fourth-order valence-corrected chi connectivity index (χ4v) is 4.81. The van der Waals surface area contributed by atoms with Gasteiger partial charge < -0.3 is 23.8 Å². The number of carbonyl (C=O) groups is 1. The van der Waals surface area contributed by atoms with Crippen LogP contribution in [0.5, 0.6) is 5.75 Å². The maximum Gasteiger partial charge on any atom is 0.427 e. The van der Waals surface area contributed by atoms with Crippen molar-refractivity contribution in [2.75, 3.05) is 33.4 Å². The molecule has 2 aromatic rings. The minimum Gasteiger partial charge on any atom is -0.497 e. The van der Waals surface area contributed by atoms with Crippen molar-refractivity contribution in [2.24, 2.45) is 0 Å². The summed E-state index contributed by atoms with van der Waals surface area (Å²) in [6, 6.07) is 12.9. The molecule has 0 bridgehead atoms. The predicted molar refractivity (Wildman–Crippen MR) is 127 cm³/mol. The molecule has 0 N–H and O–H groups in total. The largest absolute Gasteiger partial charge is 0.497 e. The summed E-state index contributed by atoms with van der Waals surface area (Å²) in [5.74, 6) is -0.0686. The second-order valence-electron chi connectivity index (χ2n) is 9.51. The van der Waals surface area contributed by atoms with Crippen molar-refractivity contribution >= 4 is 6.09 Å². The topological polar surface area (TPSA) is 81.0 Å². The molecule has 2 fully saturated rings. The first-order valence-corrected chi connectivity index (χ1v) is 12.2. The molecule has 2 atom stereocenters. The number of alkyl halides is 3. The van der Waals surface area contributed by atoms with Crippen LogP contribution in [0.4, 0.5) is 22.4 Å². The molecule has 0 aromatic heterocycles. The molecule has 7 nitrogen and oxygen atoms in total. The highest BCUT2D eigenvalue weighted by Gasteiger charge is 2.47. The third-order valence-electron chi connectivity index (χ3n) is 7.02. The molecule has 4 rings (SSSR count). The highest BCUT2D eigenvalue weighted by atomic mass is 19.4. The fraction of sp³-hybridized carbons (Fsp3) is 0.481. The van der Waals surface area contributed by atoms with Crippen LogP contribution in [-0.2, 0) is 20.8 Å². The Kier molecular flexibility index (Phi) is 8.43. The van der Waals surface area contributed by atoms with Crippen molar-refractivity contribution in [3.63, 3.8) is 0 Å². The van der Waals surface area contributed by atoms with Gasteiger partial charge in [-0.15, -0.1) is 0 Å². The number of amides is 1. The van der Waals surface area contributed by atoms with E-state index in [-0.39, 0.29) is 37.8 Å². The Balaban J connectivity index is 1.28. The van der Waals surface area contributed by atoms with Gasteiger partial charge in [0, 0.05) is 19.0 Å². The highest BCUT2D eigenvalue weighted by Crippen LogP contribution is 2.43. The fourth-order valence-electron chi connectivity index (χ4n) is 4.81. The van der Waals surface area contributed by atoms with Crippen molar-refractivity contribution in [2.45, 2.75) is 49.7 Å².